The lowest BCUT2D eigenvalue weighted by molar-refractivity contribution is 0.373. The lowest BCUT2D eigenvalue weighted by Crippen LogP contribution is -2.30. The van der Waals surface area contributed by atoms with Gasteiger partial charge in [-0.25, -0.2) is 4.98 Å². The normalized spacial score (nSPS) is 11.7. The highest BCUT2D eigenvalue weighted by molar-refractivity contribution is 7.09. The molecule has 0 fully saturated rings. The van der Waals surface area contributed by atoms with Gasteiger partial charge in [0.2, 0.25) is 0 Å². The molecule has 2 rings (SSSR count). The standard InChI is InChI=1S/C14H15Cl2NS/c15-10-14(11-16,9-13-17-6-7-18-13)8-12-4-2-1-3-5-12/h1-7H,8-11H2. The summed E-state index contributed by atoms with van der Waals surface area (Å²) in [6.45, 7) is 0. The van der Waals surface area contributed by atoms with E-state index in [0.717, 1.165) is 17.8 Å². The zero-order valence-corrected chi connectivity index (χ0v) is 12.3. The molecule has 0 aliphatic heterocycles. The van der Waals surface area contributed by atoms with Crippen molar-refractivity contribution in [1.29, 1.82) is 0 Å². The summed E-state index contributed by atoms with van der Waals surface area (Å²) in [6, 6.07) is 10.4. The van der Waals surface area contributed by atoms with Gasteiger partial charge < -0.3 is 0 Å². The maximum Gasteiger partial charge on any atom is 0.0931 e. The van der Waals surface area contributed by atoms with Crippen LogP contribution in [0, 0.1) is 5.41 Å². The molecule has 0 aliphatic carbocycles. The van der Waals surface area contributed by atoms with Crippen LogP contribution in [0.2, 0.25) is 0 Å². The van der Waals surface area contributed by atoms with Crippen LogP contribution in [-0.2, 0) is 12.8 Å². The molecule has 0 amide bonds. The van der Waals surface area contributed by atoms with Gasteiger partial charge in [-0.3, -0.25) is 0 Å². The van der Waals surface area contributed by atoms with E-state index in [1.54, 1.807) is 11.3 Å². The van der Waals surface area contributed by atoms with Crippen LogP contribution in [-0.4, -0.2) is 16.7 Å². The molecule has 1 heterocycles. The Bertz CT molecular complexity index is 452. The van der Waals surface area contributed by atoms with Crippen LogP contribution >= 0.6 is 34.5 Å². The van der Waals surface area contributed by atoms with Gasteiger partial charge in [0.25, 0.3) is 0 Å². The Morgan fingerprint density at radius 3 is 2.33 bits per heavy atom. The molecule has 0 spiro atoms. The van der Waals surface area contributed by atoms with E-state index in [1.807, 2.05) is 29.8 Å². The van der Waals surface area contributed by atoms with Gasteiger partial charge in [0.05, 0.1) is 5.01 Å². The van der Waals surface area contributed by atoms with Crippen molar-refractivity contribution in [1.82, 2.24) is 4.98 Å². The van der Waals surface area contributed by atoms with E-state index < -0.39 is 0 Å². The zero-order chi connectivity index (χ0) is 12.8. The Morgan fingerprint density at radius 2 is 1.78 bits per heavy atom. The fourth-order valence-electron chi connectivity index (χ4n) is 1.98. The molecule has 0 saturated heterocycles. The number of halogens is 2. The van der Waals surface area contributed by atoms with Crippen molar-refractivity contribution in [3.63, 3.8) is 0 Å². The molecule has 0 N–H and O–H groups in total. The molecule has 1 aromatic carbocycles. The maximum atomic E-state index is 6.18. The van der Waals surface area contributed by atoms with E-state index in [9.17, 15) is 0 Å². The van der Waals surface area contributed by atoms with Gasteiger partial charge in [0.15, 0.2) is 0 Å². The van der Waals surface area contributed by atoms with Gasteiger partial charge >= 0.3 is 0 Å². The monoisotopic (exact) mass is 299 g/mol. The van der Waals surface area contributed by atoms with E-state index >= 15 is 0 Å². The van der Waals surface area contributed by atoms with Gasteiger partial charge in [-0.05, 0) is 12.0 Å². The quantitative estimate of drug-likeness (QED) is 0.721. The maximum absolute atomic E-state index is 6.18. The third kappa shape index (κ3) is 3.47. The van der Waals surface area contributed by atoms with Crippen LogP contribution in [0.1, 0.15) is 10.6 Å². The third-order valence-corrected chi connectivity index (χ3v) is 4.91. The van der Waals surface area contributed by atoms with Gasteiger partial charge in [-0.2, -0.15) is 0 Å². The molecule has 18 heavy (non-hydrogen) atoms. The summed E-state index contributed by atoms with van der Waals surface area (Å²) in [5.41, 5.74) is 1.16. The minimum atomic E-state index is -0.109. The van der Waals surface area contributed by atoms with Gasteiger partial charge in [-0.15, -0.1) is 34.5 Å². The molecule has 0 unspecified atom stereocenters. The highest BCUT2D eigenvalue weighted by atomic mass is 35.5. The van der Waals surface area contributed by atoms with Crippen LogP contribution in [0.5, 0.6) is 0 Å². The van der Waals surface area contributed by atoms with Crippen molar-refractivity contribution in [3.8, 4) is 0 Å². The van der Waals surface area contributed by atoms with Crippen molar-refractivity contribution in [3.05, 3.63) is 52.5 Å². The third-order valence-electron chi connectivity index (χ3n) is 3.00. The molecule has 0 atom stereocenters. The second kappa shape index (κ2) is 6.55. The molecule has 0 aliphatic rings. The molecular formula is C14H15Cl2NS. The van der Waals surface area contributed by atoms with Crippen molar-refractivity contribution >= 4 is 34.5 Å². The minimum Gasteiger partial charge on any atom is -0.250 e. The molecule has 1 aromatic heterocycles. The van der Waals surface area contributed by atoms with Crippen molar-refractivity contribution in [2.45, 2.75) is 12.8 Å². The molecule has 4 heteroatoms. The Kier molecular flexibility index (Phi) is 5.04. The fourth-order valence-corrected chi connectivity index (χ4v) is 3.43. The zero-order valence-electron chi connectivity index (χ0n) is 9.98. The Balaban J connectivity index is 2.16. The van der Waals surface area contributed by atoms with Gasteiger partial charge in [0, 0.05) is 35.2 Å². The molecule has 0 bridgehead atoms. The second-order valence-corrected chi connectivity index (χ2v) is 6.05. The van der Waals surface area contributed by atoms with Crippen LogP contribution < -0.4 is 0 Å². The van der Waals surface area contributed by atoms with Crippen LogP contribution in [0.3, 0.4) is 0 Å². The highest BCUT2D eigenvalue weighted by Crippen LogP contribution is 2.31. The fraction of sp³-hybridized carbons (Fsp3) is 0.357. The number of benzene rings is 1. The number of thiazole rings is 1. The molecule has 0 saturated carbocycles. The second-order valence-electron chi connectivity index (χ2n) is 4.53. The van der Waals surface area contributed by atoms with Crippen LogP contribution in [0.15, 0.2) is 41.9 Å². The van der Waals surface area contributed by atoms with E-state index in [4.69, 9.17) is 23.2 Å². The first-order valence-electron chi connectivity index (χ1n) is 5.82. The number of hydrogen-bond acceptors (Lipinski definition) is 2. The number of hydrogen-bond donors (Lipinski definition) is 0. The summed E-state index contributed by atoms with van der Waals surface area (Å²) in [6.07, 6.45) is 3.56. The molecule has 2 aromatic rings. The number of alkyl halides is 2. The van der Waals surface area contributed by atoms with Crippen molar-refractivity contribution in [2.24, 2.45) is 5.41 Å². The predicted octanol–water partition coefficient (Wildman–Crippen LogP) is 4.39. The van der Waals surface area contributed by atoms with E-state index in [2.05, 4.69) is 17.1 Å². The summed E-state index contributed by atoms with van der Waals surface area (Å²) in [5, 5.41) is 3.10. The number of rotatable bonds is 6. The lowest BCUT2D eigenvalue weighted by atomic mass is 9.82. The predicted molar refractivity (Wildman–Crippen MR) is 79.8 cm³/mol. The Morgan fingerprint density at radius 1 is 1.06 bits per heavy atom. The summed E-state index contributed by atoms with van der Waals surface area (Å²) in [5.74, 6) is 1.09. The highest BCUT2D eigenvalue weighted by Gasteiger charge is 2.30. The SMILES string of the molecule is ClCC(CCl)(Cc1ccccc1)Cc1nccs1. The summed E-state index contributed by atoms with van der Waals surface area (Å²) >= 11 is 14.0. The number of aromatic nitrogens is 1. The first kappa shape index (κ1) is 13.9. The molecule has 96 valence electrons. The molecule has 1 nitrogen and oxygen atoms in total. The van der Waals surface area contributed by atoms with Gasteiger partial charge in [0.1, 0.15) is 0 Å². The topological polar surface area (TPSA) is 12.9 Å². The summed E-state index contributed by atoms with van der Waals surface area (Å²) < 4.78 is 0. The van der Waals surface area contributed by atoms with E-state index in [1.165, 1.54) is 5.56 Å². The molecular weight excluding hydrogens is 285 g/mol. The first-order valence-corrected chi connectivity index (χ1v) is 7.77. The van der Waals surface area contributed by atoms with Crippen LogP contribution in [0.4, 0.5) is 0 Å². The van der Waals surface area contributed by atoms with Gasteiger partial charge in [-0.1, -0.05) is 30.3 Å². The number of nitrogens with zero attached hydrogens (tertiary/aromatic N) is 1. The van der Waals surface area contributed by atoms with E-state index in [0.29, 0.717) is 11.8 Å². The van der Waals surface area contributed by atoms with E-state index in [-0.39, 0.29) is 5.41 Å². The largest absolute Gasteiger partial charge is 0.250 e. The average molecular weight is 300 g/mol. The summed E-state index contributed by atoms with van der Waals surface area (Å²) in [4.78, 5) is 4.34. The van der Waals surface area contributed by atoms with Crippen LogP contribution in [0.25, 0.3) is 0 Å². The first-order chi connectivity index (χ1) is 8.78. The minimum absolute atomic E-state index is 0.109. The average Bonchev–Trinajstić information content (AvgIpc) is 2.92. The smallest absolute Gasteiger partial charge is 0.0931 e. The summed E-state index contributed by atoms with van der Waals surface area (Å²) in [7, 11) is 0. The van der Waals surface area contributed by atoms with Crippen molar-refractivity contribution < 1.29 is 0 Å². The lowest BCUT2D eigenvalue weighted by Gasteiger charge is -2.28. The Hall–Kier alpha value is -0.570. The van der Waals surface area contributed by atoms with Crippen molar-refractivity contribution in [2.75, 3.05) is 11.8 Å². The Labute approximate surface area is 122 Å². The molecule has 0 radical (unpaired) electrons.